The molecule has 1 rings (SSSR count). The van der Waals surface area contributed by atoms with Crippen molar-refractivity contribution in [3.8, 4) is 6.07 Å². The number of aliphatic carboxylic acids is 1. The summed E-state index contributed by atoms with van der Waals surface area (Å²) in [6, 6.07) is 5.40. The van der Waals surface area contributed by atoms with E-state index in [2.05, 4.69) is 15.9 Å². The summed E-state index contributed by atoms with van der Waals surface area (Å²) in [7, 11) is 0. The van der Waals surface area contributed by atoms with Crippen LogP contribution in [0.4, 0.5) is 0 Å². The maximum Gasteiger partial charge on any atom is 0.307 e. The van der Waals surface area contributed by atoms with Crippen molar-refractivity contribution in [3.05, 3.63) is 33.3 Å². The summed E-state index contributed by atoms with van der Waals surface area (Å²) in [6.45, 7) is 1.79. The summed E-state index contributed by atoms with van der Waals surface area (Å²) in [6.07, 6.45) is -0.0346. The Morgan fingerprint density at radius 1 is 1.64 bits per heavy atom. The zero-order valence-corrected chi connectivity index (χ0v) is 9.13. The van der Waals surface area contributed by atoms with Crippen molar-refractivity contribution in [2.45, 2.75) is 13.3 Å². The summed E-state index contributed by atoms with van der Waals surface area (Å²) in [5, 5.41) is 17.4. The minimum atomic E-state index is -0.880. The first-order chi connectivity index (χ1) is 6.54. The number of hydrogen-bond acceptors (Lipinski definition) is 2. The van der Waals surface area contributed by atoms with E-state index >= 15 is 0 Å². The third-order valence-corrected chi connectivity index (χ3v) is 2.59. The van der Waals surface area contributed by atoms with Crippen LogP contribution in [0.1, 0.15) is 16.7 Å². The molecule has 3 nitrogen and oxygen atoms in total. The van der Waals surface area contributed by atoms with Gasteiger partial charge < -0.3 is 5.11 Å². The van der Waals surface area contributed by atoms with Gasteiger partial charge in [0.1, 0.15) is 0 Å². The van der Waals surface area contributed by atoms with Crippen LogP contribution < -0.4 is 0 Å². The quantitative estimate of drug-likeness (QED) is 0.880. The van der Waals surface area contributed by atoms with Crippen LogP contribution in [0.2, 0.25) is 0 Å². The van der Waals surface area contributed by atoms with E-state index < -0.39 is 5.97 Å². The lowest BCUT2D eigenvalue weighted by Crippen LogP contribution is -2.01. The van der Waals surface area contributed by atoms with Crippen LogP contribution in [0.25, 0.3) is 0 Å². The van der Waals surface area contributed by atoms with Crippen molar-refractivity contribution < 1.29 is 9.90 Å². The molecule has 0 heterocycles. The number of nitrogens with zero attached hydrogens (tertiary/aromatic N) is 1. The summed E-state index contributed by atoms with van der Waals surface area (Å²) in [4.78, 5) is 10.5. The van der Waals surface area contributed by atoms with Crippen LogP contribution in [0.5, 0.6) is 0 Å². The lowest BCUT2D eigenvalue weighted by Gasteiger charge is -2.04. The highest BCUT2D eigenvalue weighted by molar-refractivity contribution is 9.10. The minimum Gasteiger partial charge on any atom is -0.481 e. The lowest BCUT2D eigenvalue weighted by atomic mass is 10.0. The Bertz CT molecular complexity index is 421. The van der Waals surface area contributed by atoms with E-state index in [4.69, 9.17) is 10.4 Å². The second-order valence-corrected chi connectivity index (χ2v) is 3.80. The molecule has 0 aliphatic rings. The number of aryl methyl sites for hydroxylation is 1. The fraction of sp³-hybridized carbons (Fsp3) is 0.200. The fourth-order valence-corrected chi connectivity index (χ4v) is 1.64. The van der Waals surface area contributed by atoms with E-state index in [0.29, 0.717) is 15.6 Å². The molecule has 0 saturated carbocycles. The topological polar surface area (TPSA) is 61.1 Å². The molecule has 0 atom stereocenters. The molecule has 0 amide bonds. The highest BCUT2D eigenvalue weighted by Gasteiger charge is 2.08. The molecule has 0 aliphatic heterocycles. The standard InChI is InChI=1S/C10H8BrNO2/c1-6-2-7(4-10(13)14)9(11)3-8(6)5-12/h2-3H,4H2,1H3,(H,13,14). The number of carboxylic acid groups (broad SMARTS) is 1. The molecule has 4 heteroatoms. The molecular weight excluding hydrogens is 246 g/mol. The van der Waals surface area contributed by atoms with Gasteiger partial charge in [-0.15, -0.1) is 0 Å². The van der Waals surface area contributed by atoms with Crippen LogP contribution in [0, 0.1) is 18.3 Å². The van der Waals surface area contributed by atoms with Gasteiger partial charge in [0.25, 0.3) is 0 Å². The van der Waals surface area contributed by atoms with Crippen molar-refractivity contribution in [1.29, 1.82) is 5.26 Å². The third kappa shape index (κ3) is 2.33. The minimum absolute atomic E-state index is 0.0346. The number of carbonyl (C=O) groups is 1. The molecule has 14 heavy (non-hydrogen) atoms. The van der Waals surface area contributed by atoms with E-state index in [1.54, 1.807) is 19.1 Å². The summed E-state index contributed by atoms with van der Waals surface area (Å²) >= 11 is 3.24. The van der Waals surface area contributed by atoms with E-state index in [1.165, 1.54) is 0 Å². The molecule has 0 aromatic heterocycles. The first-order valence-electron chi connectivity index (χ1n) is 3.95. The Balaban J connectivity index is 3.16. The number of carboxylic acids is 1. The Labute approximate surface area is 90.1 Å². The van der Waals surface area contributed by atoms with Crippen molar-refractivity contribution in [2.75, 3.05) is 0 Å². The maximum absolute atomic E-state index is 10.5. The van der Waals surface area contributed by atoms with Crippen molar-refractivity contribution >= 4 is 21.9 Å². The van der Waals surface area contributed by atoms with E-state index in [-0.39, 0.29) is 6.42 Å². The Morgan fingerprint density at radius 3 is 2.79 bits per heavy atom. The number of rotatable bonds is 2. The number of halogens is 1. The number of benzene rings is 1. The Hall–Kier alpha value is -1.34. The van der Waals surface area contributed by atoms with Gasteiger partial charge in [-0.2, -0.15) is 5.26 Å². The first kappa shape index (κ1) is 10.7. The molecule has 0 aliphatic carbocycles. The maximum atomic E-state index is 10.5. The zero-order chi connectivity index (χ0) is 10.7. The average Bonchev–Trinajstić information content (AvgIpc) is 2.10. The molecule has 0 saturated heterocycles. The molecule has 0 unspecified atom stereocenters. The first-order valence-corrected chi connectivity index (χ1v) is 4.75. The van der Waals surface area contributed by atoms with Crippen molar-refractivity contribution in [2.24, 2.45) is 0 Å². The van der Waals surface area contributed by atoms with Gasteiger partial charge in [-0.3, -0.25) is 4.79 Å². The van der Waals surface area contributed by atoms with Crippen molar-refractivity contribution in [1.82, 2.24) is 0 Å². The highest BCUT2D eigenvalue weighted by atomic mass is 79.9. The predicted octanol–water partition coefficient (Wildman–Crippen LogP) is 2.26. The molecular formula is C10H8BrNO2. The van der Waals surface area contributed by atoms with Crippen LogP contribution in [0.3, 0.4) is 0 Å². The van der Waals surface area contributed by atoms with Crippen LogP contribution in [0.15, 0.2) is 16.6 Å². The van der Waals surface area contributed by atoms with Gasteiger partial charge in [0, 0.05) is 4.47 Å². The van der Waals surface area contributed by atoms with Gasteiger partial charge in [0.2, 0.25) is 0 Å². The highest BCUT2D eigenvalue weighted by Crippen LogP contribution is 2.21. The normalized spacial score (nSPS) is 9.50. The molecule has 0 radical (unpaired) electrons. The average molecular weight is 254 g/mol. The van der Waals surface area contributed by atoms with E-state index in [0.717, 1.165) is 5.56 Å². The fourth-order valence-electron chi connectivity index (χ4n) is 1.16. The molecule has 0 spiro atoms. The number of hydrogen-bond donors (Lipinski definition) is 1. The molecule has 1 N–H and O–H groups in total. The molecule has 0 fully saturated rings. The summed E-state index contributed by atoms with van der Waals surface area (Å²) in [5.74, 6) is -0.880. The van der Waals surface area contributed by atoms with Gasteiger partial charge in [-0.05, 0) is 24.1 Å². The van der Waals surface area contributed by atoms with Crippen LogP contribution in [-0.2, 0) is 11.2 Å². The molecule has 1 aromatic rings. The van der Waals surface area contributed by atoms with Gasteiger partial charge in [-0.25, -0.2) is 0 Å². The second kappa shape index (κ2) is 4.25. The third-order valence-electron chi connectivity index (χ3n) is 1.86. The molecule has 0 bridgehead atoms. The Morgan fingerprint density at radius 2 is 2.29 bits per heavy atom. The van der Waals surface area contributed by atoms with Gasteiger partial charge >= 0.3 is 5.97 Å². The van der Waals surface area contributed by atoms with Crippen LogP contribution >= 0.6 is 15.9 Å². The van der Waals surface area contributed by atoms with E-state index in [9.17, 15) is 4.79 Å². The zero-order valence-electron chi connectivity index (χ0n) is 7.54. The smallest absolute Gasteiger partial charge is 0.307 e. The molecule has 72 valence electrons. The van der Waals surface area contributed by atoms with Gasteiger partial charge in [0.15, 0.2) is 0 Å². The summed E-state index contributed by atoms with van der Waals surface area (Å²) < 4.78 is 0.669. The summed E-state index contributed by atoms with van der Waals surface area (Å²) in [5.41, 5.74) is 2.05. The van der Waals surface area contributed by atoms with Gasteiger partial charge in [0.05, 0.1) is 18.1 Å². The van der Waals surface area contributed by atoms with Crippen molar-refractivity contribution in [3.63, 3.8) is 0 Å². The van der Waals surface area contributed by atoms with Gasteiger partial charge in [-0.1, -0.05) is 22.0 Å². The predicted molar refractivity (Wildman–Crippen MR) is 54.9 cm³/mol. The van der Waals surface area contributed by atoms with E-state index in [1.807, 2.05) is 6.07 Å². The molecule has 1 aromatic carbocycles. The Kier molecular flexibility index (Phi) is 3.26. The lowest BCUT2D eigenvalue weighted by molar-refractivity contribution is -0.136. The largest absolute Gasteiger partial charge is 0.481 e. The monoisotopic (exact) mass is 253 g/mol. The second-order valence-electron chi connectivity index (χ2n) is 2.94. The van der Waals surface area contributed by atoms with Crippen LogP contribution in [-0.4, -0.2) is 11.1 Å². The SMILES string of the molecule is Cc1cc(CC(=O)O)c(Br)cc1C#N. The number of nitriles is 1.